The Morgan fingerprint density at radius 2 is 1.74 bits per heavy atom. The molecule has 2 aliphatic rings. The number of aromatic nitrogens is 1. The zero-order chi connectivity index (χ0) is 23.9. The molecule has 10 nitrogen and oxygen atoms in total. The van der Waals surface area contributed by atoms with Gasteiger partial charge in [-0.2, -0.15) is 0 Å². The second-order valence-corrected chi connectivity index (χ2v) is 8.39. The van der Waals surface area contributed by atoms with E-state index in [1.54, 1.807) is 23.1 Å². The molecule has 184 valence electrons. The maximum Gasteiger partial charge on any atom is 0.273 e. The Labute approximate surface area is 198 Å². The third-order valence-corrected chi connectivity index (χ3v) is 5.96. The fraction of sp³-hybridized carbons (Fsp3) is 0.542. The van der Waals surface area contributed by atoms with Gasteiger partial charge in [-0.15, -0.1) is 0 Å². The Morgan fingerprint density at radius 3 is 2.35 bits per heavy atom. The van der Waals surface area contributed by atoms with E-state index in [1.807, 2.05) is 0 Å². The number of hydrogen-bond acceptors (Lipinski definition) is 8. The summed E-state index contributed by atoms with van der Waals surface area (Å²) in [5.41, 5.74) is 0.579. The lowest BCUT2D eigenvalue weighted by Gasteiger charge is -2.24. The van der Waals surface area contributed by atoms with Gasteiger partial charge >= 0.3 is 0 Å². The van der Waals surface area contributed by atoms with E-state index in [2.05, 4.69) is 10.3 Å². The van der Waals surface area contributed by atoms with Gasteiger partial charge in [-0.1, -0.05) is 0 Å². The maximum atomic E-state index is 13.5. The molecule has 0 spiro atoms. The number of nitrogens with one attached hydrogen (secondary N) is 1. The fourth-order valence-electron chi connectivity index (χ4n) is 4.12. The molecule has 0 bridgehead atoms. The monoisotopic (exact) mass is 473 g/mol. The van der Waals surface area contributed by atoms with E-state index in [9.17, 15) is 9.59 Å². The predicted octanol–water partition coefficient (Wildman–Crippen LogP) is 2.42. The molecule has 2 amide bonds. The summed E-state index contributed by atoms with van der Waals surface area (Å²) in [6, 6.07) is 5.02. The average molecular weight is 474 g/mol. The highest BCUT2D eigenvalue weighted by Crippen LogP contribution is 2.25. The van der Waals surface area contributed by atoms with Crippen molar-refractivity contribution in [2.24, 2.45) is 0 Å². The number of carbonyl (C=O) groups is 2. The number of hydrogen-bond donors (Lipinski definition) is 1. The predicted molar refractivity (Wildman–Crippen MR) is 121 cm³/mol. The summed E-state index contributed by atoms with van der Waals surface area (Å²) >= 11 is 0. The van der Waals surface area contributed by atoms with Crippen molar-refractivity contribution in [3.63, 3.8) is 0 Å². The molecule has 0 aliphatic carbocycles. The van der Waals surface area contributed by atoms with Crippen LogP contribution in [0.3, 0.4) is 0 Å². The first-order chi connectivity index (χ1) is 16.6. The summed E-state index contributed by atoms with van der Waals surface area (Å²) in [6.07, 6.45) is 5.03. The minimum absolute atomic E-state index is 0.0368. The summed E-state index contributed by atoms with van der Waals surface area (Å²) in [5.74, 6) is 0.723. The number of ether oxygens (including phenoxy) is 4. The molecule has 2 fully saturated rings. The van der Waals surface area contributed by atoms with Crippen molar-refractivity contribution in [2.75, 3.05) is 40.5 Å². The summed E-state index contributed by atoms with van der Waals surface area (Å²) in [4.78, 5) is 31.8. The summed E-state index contributed by atoms with van der Waals surface area (Å²) in [6.45, 7) is 2.30. The van der Waals surface area contributed by atoms with Crippen molar-refractivity contribution in [1.29, 1.82) is 0 Å². The van der Waals surface area contributed by atoms with Gasteiger partial charge in [0.15, 0.2) is 5.69 Å². The lowest BCUT2D eigenvalue weighted by Crippen LogP contribution is -2.37. The van der Waals surface area contributed by atoms with E-state index in [1.165, 1.54) is 20.5 Å². The van der Waals surface area contributed by atoms with Gasteiger partial charge in [0.25, 0.3) is 11.8 Å². The lowest BCUT2D eigenvalue weighted by molar-refractivity contribution is 0.0487. The molecule has 3 heterocycles. The van der Waals surface area contributed by atoms with Gasteiger partial charge in [0.1, 0.15) is 17.8 Å². The van der Waals surface area contributed by atoms with Crippen LogP contribution in [0, 0.1) is 0 Å². The Morgan fingerprint density at radius 1 is 1.06 bits per heavy atom. The summed E-state index contributed by atoms with van der Waals surface area (Å²) in [7, 11) is 3.07. The number of carbonyl (C=O) groups excluding carboxylic acids is 2. The largest absolute Gasteiger partial charge is 0.497 e. The zero-order valence-electron chi connectivity index (χ0n) is 19.6. The van der Waals surface area contributed by atoms with Crippen molar-refractivity contribution < 1.29 is 33.0 Å². The van der Waals surface area contributed by atoms with E-state index in [0.29, 0.717) is 36.8 Å². The van der Waals surface area contributed by atoms with Crippen molar-refractivity contribution in [3.05, 3.63) is 41.6 Å². The number of rotatable bonds is 10. The van der Waals surface area contributed by atoms with Crippen molar-refractivity contribution in [2.45, 2.75) is 44.4 Å². The Kier molecular flexibility index (Phi) is 8.02. The van der Waals surface area contributed by atoms with E-state index in [-0.39, 0.29) is 42.2 Å². The number of methoxy groups -OCH3 is 2. The topological polar surface area (TPSA) is 112 Å². The van der Waals surface area contributed by atoms with Gasteiger partial charge in [0.2, 0.25) is 5.89 Å². The van der Waals surface area contributed by atoms with Gasteiger partial charge in [-0.25, -0.2) is 4.98 Å². The van der Waals surface area contributed by atoms with Crippen molar-refractivity contribution in [3.8, 4) is 11.5 Å². The van der Waals surface area contributed by atoms with E-state index in [0.717, 1.165) is 32.3 Å². The average Bonchev–Trinajstić information content (AvgIpc) is 3.64. The van der Waals surface area contributed by atoms with E-state index < -0.39 is 0 Å². The van der Waals surface area contributed by atoms with Crippen LogP contribution in [0.2, 0.25) is 0 Å². The van der Waals surface area contributed by atoms with Gasteiger partial charge in [0.05, 0.1) is 33.0 Å². The molecule has 10 heteroatoms. The molecular weight excluding hydrogens is 442 g/mol. The first-order valence-corrected chi connectivity index (χ1v) is 11.5. The molecule has 1 aromatic heterocycles. The first-order valence-electron chi connectivity index (χ1n) is 11.5. The molecular formula is C24H31N3O7. The molecule has 2 atom stereocenters. The number of nitrogens with zero attached hydrogens (tertiary/aromatic N) is 2. The van der Waals surface area contributed by atoms with Crippen LogP contribution in [-0.2, 0) is 16.0 Å². The molecule has 1 N–H and O–H groups in total. The van der Waals surface area contributed by atoms with Crippen molar-refractivity contribution >= 4 is 11.8 Å². The van der Waals surface area contributed by atoms with Crippen LogP contribution in [0.25, 0.3) is 0 Å². The van der Waals surface area contributed by atoms with E-state index >= 15 is 0 Å². The first kappa shape index (κ1) is 24.0. The number of amides is 2. The molecule has 2 aliphatic heterocycles. The van der Waals surface area contributed by atoms with Gasteiger partial charge in [0, 0.05) is 37.9 Å². The Bertz CT molecular complexity index is 958. The standard InChI is InChI=1S/C24H31N3O7/c1-30-19-9-16(10-20(11-19)31-2)24(29)27(13-18-6-4-8-33-18)14-22-26-21(15-34-22)23(28)25-12-17-5-3-7-32-17/h9-11,15,17-18H,3-8,12-14H2,1-2H3,(H,25,28). The normalized spacial score (nSPS) is 19.7. The highest BCUT2D eigenvalue weighted by atomic mass is 16.5. The molecule has 2 saturated heterocycles. The lowest BCUT2D eigenvalue weighted by atomic mass is 10.1. The Balaban J connectivity index is 1.47. The van der Waals surface area contributed by atoms with Crippen LogP contribution in [0.15, 0.2) is 28.9 Å². The van der Waals surface area contributed by atoms with Gasteiger partial charge < -0.3 is 33.6 Å². The van der Waals surface area contributed by atoms with E-state index in [4.69, 9.17) is 23.4 Å². The second-order valence-electron chi connectivity index (χ2n) is 8.39. The highest BCUT2D eigenvalue weighted by molar-refractivity contribution is 5.95. The van der Waals surface area contributed by atoms with Crippen molar-refractivity contribution in [1.82, 2.24) is 15.2 Å². The molecule has 0 radical (unpaired) electrons. The van der Waals surface area contributed by atoms with Crippen LogP contribution in [-0.4, -0.2) is 74.4 Å². The van der Waals surface area contributed by atoms with Crippen LogP contribution < -0.4 is 14.8 Å². The molecule has 4 rings (SSSR count). The fourth-order valence-corrected chi connectivity index (χ4v) is 4.12. The maximum absolute atomic E-state index is 13.5. The molecule has 2 aromatic rings. The van der Waals surface area contributed by atoms with Crippen LogP contribution in [0.4, 0.5) is 0 Å². The molecule has 1 aromatic carbocycles. The SMILES string of the molecule is COc1cc(OC)cc(C(=O)N(Cc2nc(C(=O)NCC3CCCO3)co2)CC2CCCO2)c1. The highest BCUT2D eigenvalue weighted by Gasteiger charge is 2.26. The minimum atomic E-state index is -0.333. The summed E-state index contributed by atoms with van der Waals surface area (Å²) in [5, 5.41) is 2.83. The molecule has 34 heavy (non-hydrogen) atoms. The van der Waals surface area contributed by atoms with Crippen LogP contribution in [0.5, 0.6) is 11.5 Å². The smallest absolute Gasteiger partial charge is 0.273 e. The van der Waals surface area contributed by atoms with Gasteiger partial charge in [-0.05, 0) is 37.8 Å². The summed E-state index contributed by atoms with van der Waals surface area (Å²) < 4.78 is 27.4. The second kappa shape index (κ2) is 11.3. The third-order valence-electron chi connectivity index (χ3n) is 5.96. The van der Waals surface area contributed by atoms with Crippen LogP contribution in [0.1, 0.15) is 52.4 Å². The van der Waals surface area contributed by atoms with Gasteiger partial charge in [-0.3, -0.25) is 9.59 Å². The zero-order valence-corrected chi connectivity index (χ0v) is 19.6. The molecule has 2 unspecified atom stereocenters. The number of oxazole rings is 1. The Hall–Kier alpha value is -3.11. The minimum Gasteiger partial charge on any atom is -0.497 e. The third kappa shape index (κ3) is 6.06. The van der Waals surface area contributed by atoms with Crippen LogP contribution >= 0.6 is 0 Å². The quantitative estimate of drug-likeness (QED) is 0.560. The number of benzene rings is 1. The molecule has 0 saturated carbocycles.